The highest BCUT2D eigenvalue weighted by atomic mass is 32.2. The summed E-state index contributed by atoms with van der Waals surface area (Å²) < 4.78 is 16.2. The Morgan fingerprint density at radius 2 is 2.08 bits per heavy atom. The van der Waals surface area contributed by atoms with Gasteiger partial charge in [0.15, 0.2) is 11.0 Å². The van der Waals surface area contributed by atoms with Gasteiger partial charge < -0.3 is 4.90 Å². The summed E-state index contributed by atoms with van der Waals surface area (Å²) >= 11 is 1.42. The van der Waals surface area contributed by atoms with Gasteiger partial charge in [0.1, 0.15) is 5.82 Å². The van der Waals surface area contributed by atoms with Gasteiger partial charge in [-0.3, -0.25) is 9.36 Å². The van der Waals surface area contributed by atoms with E-state index in [0.717, 1.165) is 32.4 Å². The lowest BCUT2D eigenvalue weighted by Gasteiger charge is -2.30. The third-order valence-electron chi connectivity index (χ3n) is 5.03. The second-order valence-corrected chi connectivity index (χ2v) is 8.21. The van der Waals surface area contributed by atoms with Crippen molar-refractivity contribution in [2.75, 3.05) is 18.8 Å². The summed E-state index contributed by atoms with van der Waals surface area (Å²) in [5.74, 6) is 1.35. The van der Waals surface area contributed by atoms with Crippen molar-refractivity contribution < 1.29 is 9.18 Å². The first-order valence-electron chi connectivity index (χ1n) is 9.24. The molecule has 1 aliphatic heterocycles. The number of piperidine rings is 1. The number of amides is 1. The molecule has 2 aliphatic rings. The van der Waals surface area contributed by atoms with E-state index < -0.39 is 0 Å². The minimum atomic E-state index is -0.295. The van der Waals surface area contributed by atoms with Crippen LogP contribution in [-0.2, 0) is 4.79 Å². The Labute approximate surface area is 157 Å². The van der Waals surface area contributed by atoms with Crippen LogP contribution in [0.25, 0.3) is 11.4 Å². The quantitative estimate of drug-likeness (QED) is 0.748. The second-order valence-electron chi connectivity index (χ2n) is 7.26. The fraction of sp³-hybridized carbons (Fsp3) is 0.526. The molecule has 1 aliphatic carbocycles. The highest BCUT2D eigenvalue weighted by molar-refractivity contribution is 7.99. The Morgan fingerprint density at radius 3 is 2.81 bits per heavy atom. The van der Waals surface area contributed by atoms with Gasteiger partial charge in [0.05, 0.1) is 11.3 Å². The summed E-state index contributed by atoms with van der Waals surface area (Å²) in [6.45, 7) is 3.88. The van der Waals surface area contributed by atoms with E-state index in [2.05, 4.69) is 17.1 Å². The molecule has 1 unspecified atom stereocenters. The van der Waals surface area contributed by atoms with Crippen molar-refractivity contribution in [1.29, 1.82) is 0 Å². The number of benzene rings is 1. The van der Waals surface area contributed by atoms with Crippen molar-refractivity contribution in [3.05, 3.63) is 30.1 Å². The molecule has 0 spiro atoms. The highest BCUT2D eigenvalue weighted by Gasteiger charge is 2.31. The van der Waals surface area contributed by atoms with Crippen LogP contribution in [0.4, 0.5) is 4.39 Å². The number of carbonyl (C=O) groups excluding carboxylic acids is 1. The lowest BCUT2D eigenvalue weighted by atomic mass is 10.0. The maximum absolute atomic E-state index is 14.2. The molecule has 138 valence electrons. The normalized spacial score (nSPS) is 20.4. The van der Waals surface area contributed by atoms with Crippen LogP contribution >= 0.6 is 11.8 Å². The lowest BCUT2D eigenvalue weighted by Crippen LogP contribution is -2.40. The number of hydrogen-bond acceptors (Lipinski definition) is 4. The number of likely N-dealkylation sites (tertiary alicyclic amines) is 1. The van der Waals surface area contributed by atoms with Crippen LogP contribution in [-0.4, -0.2) is 44.4 Å². The Bertz CT molecular complexity index is 805. The van der Waals surface area contributed by atoms with Crippen LogP contribution in [0.1, 0.15) is 38.6 Å². The van der Waals surface area contributed by atoms with Crippen molar-refractivity contribution >= 4 is 17.7 Å². The zero-order valence-electron chi connectivity index (χ0n) is 14.9. The van der Waals surface area contributed by atoms with Crippen LogP contribution in [0, 0.1) is 11.7 Å². The van der Waals surface area contributed by atoms with E-state index in [1.165, 1.54) is 24.2 Å². The zero-order chi connectivity index (χ0) is 18.1. The van der Waals surface area contributed by atoms with Crippen molar-refractivity contribution in [3.63, 3.8) is 0 Å². The van der Waals surface area contributed by atoms with Crippen molar-refractivity contribution in [1.82, 2.24) is 19.7 Å². The minimum Gasteiger partial charge on any atom is -0.342 e. The Balaban J connectivity index is 1.51. The van der Waals surface area contributed by atoms with E-state index in [-0.39, 0.29) is 11.7 Å². The molecule has 1 saturated carbocycles. The summed E-state index contributed by atoms with van der Waals surface area (Å²) in [5.41, 5.74) is 0.468. The molecule has 0 bridgehead atoms. The van der Waals surface area contributed by atoms with Gasteiger partial charge >= 0.3 is 0 Å². The van der Waals surface area contributed by atoms with E-state index in [1.54, 1.807) is 18.2 Å². The van der Waals surface area contributed by atoms with E-state index in [9.17, 15) is 9.18 Å². The number of hydrogen-bond donors (Lipinski definition) is 0. The molecule has 1 atom stereocenters. The zero-order valence-corrected chi connectivity index (χ0v) is 15.7. The van der Waals surface area contributed by atoms with E-state index >= 15 is 0 Å². The van der Waals surface area contributed by atoms with Crippen molar-refractivity contribution in [2.45, 2.75) is 43.8 Å². The minimum absolute atomic E-state index is 0.152. The smallest absolute Gasteiger partial charge is 0.233 e. The van der Waals surface area contributed by atoms with Gasteiger partial charge in [-0.25, -0.2) is 4.39 Å². The maximum Gasteiger partial charge on any atom is 0.233 e. The van der Waals surface area contributed by atoms with Crippen molar-refractivity contribution in [3.8, 4) is 11.4 Å². The number of aromatic nitrogens is 3. The second kappa shape index (κ2) is 7.39. The Morgan fingerprint density at radius 1 is 1.27 bits per heavy atom. The van der Waals surface area contributed by atoms with Gasteiger partial charge in [-0.2, -0.15) is 0 Å². The summed E-state index contributed by atoms with van der Waals surface area (Å²) in [4.78, 5) is 14.5. The van der Waals surface area contributed by atoms with E-state index in [1.807, 2.05) is 9.47 Å². The van der Waals surface area contributed by atoms with Gasteiger partial charge in [-0.05, 0) is 43.7 Å². The van der Waals surface area contributed by atoms with Gasteiger partial charge in [0.25, 0.3) is 0 Å². The van der Waals surface area contributed by atoms with E-state index in [0.29, 0.717) is 34.3 Å². The molecule has 2 heterocycles. The summed E-state index contributed by atoms with van der Waals surface area (Å²) in [6.07, 6.45) is 4.36. The van der Waals surface area contributed by atoms with Gasteiger partial charge in [-0.15, -0.1) is 10.2 Å². The number of rotatable bonds is 5. The SMILES string of the molecule is CC1CCCN(C(=O)CSc2nnc(-c3ccccc3F)n2C2CC2)C1. The molecule has 1 amide bonds. The number of thioether (sulfide) groups is 1. The Hall–Kier alpha value is -1.89. The molecule has 5 nitrogen and oxygen atoms in total. The van der Waals surface area contributed by atoms with Crippen LogP contribution in [0.5, 0.6) is 0 Å². The lowest BCUT2D eigenvalue weighted by molar-refractivity contribution is -0.130. The standard InChI is InChI=1S/C19H23FN4OS/c1-13-5-4-10-23(11-13)17(25)12-26-19-22-21-18(24(19)14-8-9-14)15-6-2-3-7-16(15)20/h2-3,6-7,13-14H,4-5,8-12H2,1H3. The number of carbonyl (C=O) groups is 1. The van der Waals surface area contributed by atoms with E-state index in [4.69, 9.17) is 0 Å². The molecule has 0 radical (unpaired) electrons. The van der Waals surface area contributed by atoms with Crippen LogP contribution < -0.4 is 0 Å². The molecule has 2 fully saturated rings. The largest absolute Gasteiger partial charge is 0.342 e. The summed E-state index contributed by atoms with van der Waals surface area (Å²) in [5, 5.41) is 9.22. The maximum atomic E-state index is 14.2. The molecule has 2 aromatic rings. The van der Waals surface area contributed by atoms with Gasteiger partial charge in [0.2, 0.25) is 5.91 Å². The average Bonchev–Trinajstić information content (AvgIpc) is 3.40. The molecule has 1 aromatic heterocycles. The third kappa shape index (κ3) is 3.63. The average molecular weight is 374 g/mol. The fourth-order valence-electron chi connectivity index (χ4n) is 3.50. The highest BCUT2D eigenvalue weighted by Crippen LogP contribution is 2.41. The van der Waals surface area contributed by atoms with Gasteiger partial charge in [-0.1, -0.05) is 30.8 Å². The molecule has 1 aromatic carbocycles. The molecular weight excluding hydrogens is 351 g/mol. The third-order valence-corrected chi connectivity index (χ3v) is 5.95. The predicted molar refractivity (Wildman–Crippen MR) is 99.4 cm³/mol. The number of nitrogens with zero attached hydrogens (tertiary/aromatic N) is 4. The first-order valence-corrected chi connectivity index (χ1v) is 10.2. The molecule has 4 rings (SSSR count). The monoisotopic (exact) mass is 374 g/mol. The van der Waals surface area contributed by atoms with Gasteiger partial charge in [0, 0.05) is 19.1 Å². The molecular formula is C19H23FN4OS. The van der Waals surface area contributed by atoms with Crippen LogP contribution in [0.15, 0.2) is 29.4 Å². The fourth-order valence-corrected chi connectivity index (χ4v) is 4.41. The first-order chi connectivity index (χ1) is 12.6. The number of halogens is 1. The Kier molecular flexibility index (Phi) is 4.98. The summed E-state index contributed by atoms with van der Waals surface area (Å²) in [6, 6.07) is 6.96. The summed E-state index contributed by atoms with van der Waals surface area (Å²) in [7, 11) is 0. The molecule has 0 N–H and O–H groups in total. The van der Waals surface area contributed by atoms with Crippen LogP contribution in [0.3, 0.4) is 0 Å². The molecule has 26 heavy (non-hydrogen) atoms. The topological polar surface area (TPSA) is 51.0 Å². The van der Waals surface area contributed by atoms with Crippen molar-refractivity contribution in [2.24, 2.45) is 5.92 Å². The molecule has 1 saturated heterocycles. The molecule has 7 heteroatoms. The van der Waals surface area contributed by atoms with Crippen LogP contribution in [0.2, 0.25) is 0 Å². The first kappa shape index (κ1) is 17.5. The predicted octanol–water partition coefficient (Wildman–Crippen LogP) is 3.77.